The quantitative estimate of drug-likeness (QED) is 0.829. The van der Waals surface area contributed by atoms with Crippen LogP contribution >= 0.6 is 24.8 Å². The van der Waals surface area contributed by atoms with Gasteiger partial charge in [-0.15, -0.1) is 24.8 Å². The third-order valence-electron chi connectivity index (χ3n) is 3.11. The first-order chi connectivity index (χ1) is 8.74. The van der Waals surface area contributed by atoms with Crippen LogP contribution in [0.5, 0.6) is 0 Å². The minimum atomic E-state index is -0.503. The average Bonchev–Trinajstić information content (AvgIpc) is 2.41. The molecule has 3 N–H and O–H groups in total. The van der Waals surface area contributed by atoms with Gasteiger partial charge in [0.2, 0.25) is 0 Å². The van der Waals surface area contributed by atoms with Crippen LogP contribution in [-0.4, -0.2) is 6.54 Å². The Hall–Kier alpha value is -1.06. The molecule has 0 heterocycles. The molecule has 0 saturated carbocycles. The van der Waals surface area contributed by atoms with Crippen molar-refractivity contribution in [2.45, 2.75) is 19.0 Å². The first kappa shape index (κ1) is 18.9. The minimum absolute atomic E-state index is 0. The van der Waals surface area contributed by atoms with Gasteiger partial charge < -0.3 is 5.73 Å². The van der Waals surface area contributed by atoms with Gasteiger partial charge in [0.25, 0.3) is 0 Å². The molecule has 0 bridgehead atoms. The summed E-state index contributed by atoms with van der Waals surface area (Å²) in [5.41, 5.74) is 8.41. The van der Waals surface area contributed by atoms with Gasteiger partial charge in [-0.05, 0) is 17.7 Å². The van der Waals surface area contributed by atoms with E-state index in [1.807, 2.05) is 36.4 Å². The van der Waals surface area contributed by atoms with Gasteiger partial charge >= 0.3 is 0 Å². The molecule has 2 aromatic carbocycles. The van der Waals surface area contributed by atoms with Gasteiger partial charge in [0.1, 0.15) is 0 Å². The lowest BCUT2D eigenvalue weighted by molar-refractivity contribution is 0.350. The van der Waals surface area contributed by atoms with E-state index in [0.29, 0.717) is 0 Å². The van der Waals surface area contributed by atoms with Gasteiger partial charge in [-0.1, -0.05) is 67.6 Å². The number of rotatable bonds is 5. The molecule has 0 aromatic heterocycles. The Morgan fingerprint density at radius 3 is 1.90 bits per heavy atom. The number of halogens is 2. The number of hydrogen-bond donors (Lipinski definition) is 2. The summed E-state index contributed by atoms with van der Waals surface area (Å²) in [6, 6.07) is 20.6. The van der Waals surface area contributed by atoms with Crippen LogP contribution in [0.2, 0.25) is 0 Å². The molecule has 20 heavy (non-hydrogen) atoms. The summed E-state index contributed by atoms with van der Waals surface area (Å²) < 4.78 is 0. The van der Waals surface area contributed by atoms with Gasteiger partial charge in [0.15, 0.2) is 0 Å². The maximum Gasteiger partial charge on any atom is 0.0965 e. The standard InChI is InChI=1S/C16H20N2.2ClH/c1-2-18-16(17,15-11-7-4-8-12-15)13-14-9-5-3-6-10-14;;/h3-12,18H,2,13,17H2,1H3;2*1H. The largest absolute Gasteiger partial charge is 0.309 e. The highest BCUT2D eigenvalue weighted by atomic mass is 35.5. The number of benzene rings is 2. The van der Waals surface area contributed by atoms with E-state index in [-0.39, 0.29) is 24.8 Å². The summed E-state index contributed by atoms with van der Waals surface area (Å²) in [7, 11) is 0. The van der Waals surface area contributed by atoms with E-state index in [4.69, 9.17) is 5.73 Å². The fourth-order valence-corrected chi connectivity index (χ4v) is 2.24. The van der Waals surface area contributed by atoms with E-state index in [1.54, 1.807) is 0 Å². The monoisotopic (exact) mass is 312 g/mol. The van der Waals surface area contributed by atoms with Crippen LogP contribution in [0.1, 0.15) is 18.1 Å². The summed E-state index contributed by atoms with van der Waals surface area (Å²) in [6.07, 6.45) is 0.783. The smallest absolute Gasteiger partial charge is 0.0965 e. The normalized spacial score (nSPS) is 12.7. The summed E-state index contributed by atoms with van der Waals surface area (Å²) in [6.45, 7) is 2.92. The lowest BCUT2D eigenvalue weighted by atomic mass is 9.92. The van der Waals surface area contributed by atoms with Crippen LogP contribution in [0.4, 0.5) is 0 Å². The lowest BCUT2D eigenvalue weighted by Gasteiger charge is -2.31. The Kier molecular flexibility index (Phi) is 8.51. The molecule has 0 saturated heterocycles. The van der Waals surface area contributed by atoms with Crippen molar-refractivity contribution in [2.24, 2.45) is 5.73 Å². The molecule has 0 fully saturated rings. The van der Waals surface area contributed by atoms with Crippen molar-refractivity contribution in [3.8, 4) is 0 Å². The zero-order valence-electron chi connectivity index (χ0n) is 11.6. The van der Waals surface area contributed by atoms with Crippen LogP contribution in [-0.2, 0) is 12.1 Å². The molecular formula is C16H22Cl2N2. The van der Waals surface area contributed by atoms with Crippen molar-refractivity contribution in [3.05, 3.63) is 71.8 Å². The molecule has 4 heteroatoms. The van der Waals surface area contributed by atoms with Gasteiger partial charge in [-0.2, -0.15) is 0 Å². The first-order valence-electron chi connectivity index (χ1n) is 6.38. The van der Waals surface area contributed by atoms with E-state index >= 15 is 0 Å². The summed E-state index contributed by atoms with van der Waals surface area (Å²) in [4.78, 5) is 0. The Morgan fingerprint density at radius 1 is 0.900 bits per heavy atom. The van der Waals surface area contributed by atoms with Crippen LogP contribution < -0.4 is 11.1 Å². The summed E-state index contributed by atoms with van der Waals surface area (Å²) in [5, 5.41) is 3.40. The van der Waals surface area contributed by atoms with E-state index < -0.39 is 5.66 Å². The molecule has 0 radical (unpaired) electrons. The Balaban J connectivity index is 0.00000180. The van der Waals surface area contributed by atoms with Crippen molar-refractivity contribution in [3.63, 3.8) is 0 Å². The Labute approximate surface area is 133 Å². The second-order valence-electron chi connectivity index (χ2n) is 4.53. The van der Waals surface area contributed by atoms with E-state index in [0.717, 1.165) is 18.5 Å². The Morgan fingerprint density at radius 2 is 1.40 bits per heavy atom. The minimum Gasteiger partial charge on any atom is -0.309 e. The predicted molar refractivity (Wildman–Crippen MR) is 90.6 cm³/mol. The third-order valence-corrected chi connectivity index (χ3v) is 3.11. The topological polar surface area (TPSA) is 38.0 Å². The second kappa shape index (κ2) is 8.98. The summed E-state index contributed by atoms with van der Waals surface area (Å²) >= 11 is 0. The van der Waals surface area contributed by atoms with Gasteiger partial charge in [-0.3, -0.25) is 5.32 Å². The van der Waals surface area contributed by atoms with Crippen LogP contribution in [0.15, 0.2) is 60.7 Å². The van der Waals surface area contributed by atoms with Crippen molar-refractivity contribution < 1.29 is 0 Å². The molecule has 2 rings (SSSR count). The zero-order valence-corrected chi connectivity index (χ0v) is 13.2. The van der Waals surface area contributed by atoms with Crippen molar-refractivity contribution >= 4 is 24.8 Å². The average molecular weight is 313 g/mol. The number of nitrogens with one attached hydrogen (secondary N) is 1. The molecule has 1 unspecified atom stereocenters. The van der Waals surface area contributed by atoms with Crippen molar-refractivity contribution in [1.82, 2.24) is 5.32 Å². The SMILES string of the molecule is CCNC(N)(Cc1ccccc1)c1ccccc1.Cl.Cl. The molecule has 0 spiro atoms. The van der Waals surface area contributed by atoms with Crippen LogP contribution in [0.3, 0.4) is 0 Å². The van der Waals surface area contributed by atoms with Gasteiger partial charge in [-0.25, -0.2) is 0 Å². The fourth-order valence-electron chi connectivity index (χ4n) is 2.24. The highest BCUT2D eigenvalue weighted by molar-refractivity contribution is 5.85. The molecule has 110 valence electrons. The number of nitrogens with two attached hydrogens (primary N) is 1. The third kappa shape index (κ3) is 4.80. The van der Waals surface area contributed by atoms with Crippen LogP contribution in [0.25, 0.3) is 0 Å². The maximum absolute atomic E-state index is 6.55. The molecular weight excluding hydrogens is 291 g/mol. The zero-order chi connectivity index (χ0) is 12.8. The van der Waals surface area contributed by atoms with Gasteiger partial charge in [0.05, 0.1) is 5.66 Å². The van der Waals surface area contributed by atoms with Gasteiger partial charge in [0, 0.05) is 6.42 Å². The fraction of sp³-hybridized carbons (Fsp3) is 0.250. The van der Waals surface area contributed by atoms with E-state index in [2.05, 4.69) is 36.5 Å². The van der Waals surface area contributed by atoms with Crippen molar-refractivity contribution in [1.29, 1.82) is 0 Å². The van der Waals surface area contributed by atoms with E-state index in [9.17, 15) is 0 Å². The highest BCUT2D eigenvalue weighted by Gasteiger charge is 2.25. The Bertz CT molecular complexity index is 476. The van der Waals surface area contributed by atoms with Crippen LogP contribution in [0, 0.1) is 0 Å². The molecule has 0 aliphatic rings. The molecule has 0 amide bonds. The second-order valence-corrected chi connectivity index (χ2v) is 4.53. The first-order valence-corrected chi connectivity index (χ1v) is 6.38. The number of likely N-dealkylation sites (N-methyl/N-ethyl adjacent to an activating group) is 1. The van der Waals surface area contributed by atoms with E-state index in [1.165, 1.54) is 5.56 Å². The molecule has 0 aliphatic heterocycles. The molecule has 2 aromatic rings. The predicted octanol–water partition coefficient (Wildman–Crippen LogP) is 3.49. The lowest BCUT2D eigenvalue weighted by Crippen LogP contribution is -2.52. The highest BCUT2D eigenvalue weighted by Crippen LogP contribution is 2.20. The maximum atomic E-state index is 6.55. The molecule has 2 nitrogen and oxygen atoms in total. The molecule has 1 atom stereocenters. The number of hydrogen-bond acceptors (Lipinski definition) is 2. The molecule has 0 aliphatic carbocycles. The van der Waals surface area contributed by atoms with Crippen molar-refractivity contribution in [2.75, 3.05) is 6.54 Å². The summed E-state index contributed by atoms with van der Waals surface area (Å²) in [5.74, 6) is 0.